The molecule has 2 amide bonds. The zero-order valence-corrected chi connectivity index (χ0v) is 12.5. The Morgan fingerprint density at radius 2 is 2.15 bits per heavy atom. The Labute approximate surface area is 121 Å². The Morgan fingerprint density at radius 1 is 1.40 bits per heavy atom. The highest BCUT2D eigenvalue weighted by Crippen LogP contribution is 2.23. The number of piperidine rings is 1. The Kier molecular flexibility index (Phi) is 4.81. The van der Waals surface area contributed by atoms with Crippen molar-refractivity contribution in [3.8, 4) is 0 Å². The molecule has 1 atom stereocenters. The zero-order chi connectivity index (χ0) is 14.7. The quantitative estimate of drug-likeness (QED) is 0.756. The Hall–Kier alpha value is -1.36. The third-order valence-corrected chi connectivity index (χ3v) is 3.92. The highest BCUT2D eigenvalue weighted by molar-refractivity contribution is 5.95. The number of piperazine rings is 1. The largest absolute Gasteiger partial charge is 0.329 e. The summed E-state index contributed by atoms with van der Waals surface area (Å²) >= 11 is 0. The van der Waals surface area contributed by atoms with Crippen molar-refractivity contribution in [2.24, 2.45) is 0 Å². The van der Waals surface area contributed by atoms with E-state index in [1.54, 1.807) is 9.80 Å². The fourth-order valence-electron chi connectivity index (χ4n) is 2.84. The standard InChI is InChI=1S/C15H25N3O2/c1-11(2)16-8-12(3)9-17-10-14(19)18-7-5-4-6-13(18)15(17)20/h11,13,16H,3-10H2,1-2H3. The summed E-state index contributed by atoms with van der Waals surface area (Å²) in [5.41, 5.74) is 0.948. The van der Waals surface area contributed by atoms with E-state index in [1.165, 1.54) is 0 Å². The molecular weight excluding hydrogens is 254 g/mol. The van der Waals surface area contributed by atoms with Crippen LogP contribution >= 0.6 is 0 Å². The summed E-state index contributed by atoms with van der Waals surface area (Å²) in [6.07, 6.45) is 2.85. The molecule has 5 heteroatoms. The van der Waals surface area contributed by atoms with Gasteiger partial charge < -0.3 is 15.1 Å². The zero-order valence-electron chi connectivity index (χ0n) is 12.5. The van der Waals surface area contributed by atoms with Crippen LogP contribution in [0.5, 0.6) is 0 Å². The topological polar surface area (TPSA) is 52.7 Å². The molecule has 2 fully saturated rings. The minimum Gasteiger partial charge on any atom is -0.329 e. The van der Waals surface area contributed by atoms with Crippen LogP contribution in [0.1, 0.15) is 33.1 Å². The average Bonchev–Trinajstić information content (AvgIpc) is 2.42. The smallest absolute Gasteiger partial charge is 0.246 e. The molecule has 0 bridgehead atoms. The maximum absolute atomic E-state index is 12.4. The molecule has 0 aromatic heterocycles. The van der Waals surface area contributed by atoms with Gasteiger partial charge in [0.2, 0.25) is 11.8 Å². The minimum atomic E-state index is -0.226. The molecule has 112 valence electrons. The van der Waals surface area contributed by atoms with Crippen LogP contribution in [0.25, 0.3) is 0 Å². The average molecular weight is 279 g/mol. The first-order valence-corrected chi connectivity index (χ1v) is 7.47. The van der Waals surface area contributed by atoms with Gasteiger partial charge in [-0.3, -0.25) is 9.59 Å². The highest BCUT2D eigenvalue weighted by Gasteiger charge is 2.40. The van der Waals surface area contributed by atoms with Crippen molar-refractivity contribution < 1.29 is 9.59 Å². The van der Waals surface area contributed by atoms with Gasteiger partial charge in [-0.1, -0.05) is 20.4 Å². The summed E-state index contributed by atoms with van der Waals surface area (Å²) in [5, 5.41) is 3.28. The van der Waals surface area contributed by atoms with E-state index in [1.807, 2.05) is 0 Å². The number of nitrogens with one attached hydrogen (secondary N) is 1. The van der Waals surface area contributed by atoms with E-state index >= 15 is 0 Å². The van der Waals surface area contributed by atoms with Gasteiger partial charge in [0.1, 0.15) is 12.6 Å². The van der Waals surface area contributed by atoms with Crippen molar-refractivity contribution in [3.05, 3.63) is 12.2 Å². The second-order valence-electron chi connectivity index (χ2n) is 6.08. The molecule has 2 aliphatic rings. The van der Waals surface area contributed by atoms with Crippen molar-refractivity contribution in [1.82, 2.24) is 15.1 Å². The normalized spacial score (nSPS) is 23.2. The van der Waals surface area contributed by atoms with Crippen LogP contribution in [0, 0.1) is 0 Å². The number of carbonyl (C=O) groups excluding carboxylic acids is 2. The summed E-state index contributed by atoms with van der Waals surface area (Å²) in [7, 11) is 0. The maximum Gasteiger partial charge on any atom is 0.246 e. The van der Waals surface area contributed by atoms with Crippen LogP contribution in [-0.2, 0) is 9.59 Å². The number of carbonyl (C=O) groups is 2. The fourth-order valence-corrected chi connectivity index (χ4v) is 2.84. The van der Waals surface area contributed by atoms with E-state index < -0.39 is 0 Å². The van der Waals surface area contributed by atoms with Crippen molar-refractivity contribution in [2.45, 2.75) is 45.2 Å². The van der Waals surface area contributed by atoms with Crippen LogP contribution in [0.4, 0.5) is 0 Å². The van der Waals surface area contributed by atoms with Crippen molar-refractivity contribution in [1.29, 1.82) is 0 Å². The number of nitrogens with zero attached hydrogens (tertiary/aromatic N) is 2. The van der Waals surface area contributed by atoms with E-state index in [2.05, 4.69) is 25.7 Å². The lowest BCUT2D eigenvalue weighted by molar-refractivity contribution is -0.157. The molecule has 0 radical (unpaired) electrons. The van der Waals surface area contributed by atoms with Crippen LogP contribution in [0.2, 0.25) is 0 Å². The lowest BCUT2D eigenvalue weighted by Crippen LogP contribution is -2.61. The molecule has 2 rings (SSSR count). The predicted octanol–water partition coefficient (Wildman–Crippen LogP) is 0.764. The second-order valence-corrected chi connectivity index (χ2v) is 6.08. The number of fused-ring (bicyclic) bond motifs is 1. The van der Waals surface area contributed by atoms with E-state index in [0.29, 0.717) is 19.1 Å². The van der Waals surface area contributed by atoms with Crippen molar-refractivity contribution >= 4 is 11.8 Å². The van der Waals surface area contributed by atoms with Gasteiger partial charge in [-0.25, -0.2) is 0 Å². The minimum absolute atomic E-state index is 0.0823. The monoisotopic (exact) mass is 279 g/mol. The SMILES string of the molecule is C=C(CNC(C)C)CN1CC(=O)N2CCCCC2C1=O. The first-order chi connectivity index (χ1) is 9.49. The van der Waals surface area contributed by atoms with Gasteiger partial charge in [0.15, 0.2) is 0 Å². The molecule has 1 unspecified atom stereocenters. The summed E-state index contributed by atoms with van der Waals surface area (Å²) in [6.45, 7) is 10.3. The maximum atomic E-state index is 12.4. The van der Waals surface area contributed by atoms with Gasteiger partial charge in [-0.15, -0.1) is 0 Å². The number of rotatable bonds is 5. The first-order valence-electron chi connectivity index (χ1n) is 7.47. The van der Waals surface area contributed by atoms with E-state index in [4.69, 9.17) is 0 Å². The van der Waals surface area contributed by atoms with Crippen LogP contribution in [-0.4, -0.2) is 59.9 Å². The molecule has 0 aromatic carbocycles. The molecule has 2 aliphatic heterocycles. The van der Waals surface area contributed by atoms with Crippen LogP contribution < -0.4 is 5.32 Å². The molecular formula is C15H25N3O2. The molecule has 5 nitrogen and oxygen atoms in total. The van der Waals surface area contributed by atoms with Crippen LogP contribution in [0.3, 0.4) is 0 Å². The molecule has 2 saturated heterocycles. The third-order valence-electron chi connectivity index (χ3n) is 3.92. The van der Waals surface area contributed by atoms with Gasteiger partial charge in [-0.2, -0.15) is 0 Å². The second kappa shape index (κ2) is 6.39. The number of amides is 2. The van der Waals surface area contributed by atoms with Gasteiger partial charge in [0.05, 0.1) is 0 Å². The van der Waals surface area contributed by atoms with E-state index in [-0.39, 0.29) is 24.4 Å². The molecule has 0 spiro atoms. The Balaban J connectivity index is 1.93. The van der Waals surface area contributed by atoms with Crippen molar-refractivity contribution in [3.63, 3.8) is 0 Å². The summed E-state index contributed by atoms with van der Waals surface area (Å²) in [6, 6.07) is 0.162. The number of hydrogen-bond donors (Lipinski definition) is 1. The predicted molar refractivity (Wildman–Crippen MR) is 78.2 cm³/mol. The van der Waals surface area contributed by atoms with Gasteiger partial charge in [0, 0.05) is 25.7 Å². The van der Waals surface area contributed by atoms with E-state index in [9.17, 15) is 9.59 Å². The van der Waals surface area contributed by atoms with Gasteiger partial charge in [0.25, 0.3) is 0 Å². The summed E-state index contributed by atoms with van der Waals surface area (Å²) in [4.78, 5) is 28.0. The Morgan fingerprint density at radius 3 is 2.85 bits per heavy atom. The van der Waals surface area contributed by atoms with Crippen LogP contribution in [0.15, 0.2) is 12.2 Å². The third kappa shape index (κ3) is 3.39. The highest BCUT2D eigenvalue weighted by atomic mass is 16.2. The van der Waals surface area contributed by atoms with Gasteiger partial charge in [-0.05, 0) is 24.8 Å². The van der Waals surface area contributed by atoms with E-state index in [0.717, 1.165) is 31.4 Å². The number of hydrogen-bond acceptors (Lipinski definition) is 3. The molecule has 2 heterocycles. The lowest BCUT2D eigenvalue weighted by atomic mass is 9.98. The summed E-state index contributed by atoms with van der Waals surface area (Å²) in [5.74, 6) is 0.175. The Bertz CT molecular complexity index is 406. The molecule has 0 aromatic rings. The molecule has 1 N–H and O–H groups in total. The molecule has 0 aliphatic carbocycles. The van der Waals surface area contributed by atoms with Crippen molar-refractivity contribution in [2.75, 3.05) is 26.2 Å². The fraction of sp³-hybridized carbons (Fsp3) is 0.733. The van der Waals surface area contributed by atoms with Gasteiger partial charge >= 0.3 is 0 Å². The molecule has 20 heavy (non-hydrogen) atoms. The molecule has 0 saturated carbocycles. The summed E-state index contributed by atoms with van der Waals surface area (Å²) < 4.78 is 0. The lowest BCUT2D eigenvalue weighted by Gasteiger charge is -2.43. The first kappa shape index (κ1) is 15.0.